The molecule has 1 amide bonds. The summed E-state index contributed by atoms with van der Waals surface area (Å²) >= 11 is 0. The van der Waals surface area contributed by atoms with Gasteiger partial charge in [-0.1, -0.05) is 45.9 Å². The molecule has 0 heterocycles. The van der Waals surface area contributed by atoms with Crippen molar-refractivity contribution in [3.63, 3.8) is 0 Å². The molecule has 2 N–H and O–H groups in total. The lowest BCUT2D eigenvalue weighted by Gasteiger charge is -1.97. The summed E-state index contributed by atoms with van der Waals surface area (Å²) in [6.45, 7) is 9.86. The Balaban J connectivity index is 0. The molecule has 0 spiro atoms. The molecule has 2 nitrogen and oxygen atoms in total. The summed E-state index contributed by atoms with van der Waals surface area (Å²) in [7, 11) is 0. The van der Waals surface area contributed by atoms with Gasteiger partial charge in [-0.05, 0) is 18.6 Å². The maximum atomic E-state index is 10.6. The molecular weight excluding hydrogens is 174 g/mol. The second kappa shape index (κ2) is 9.78. The summed E-state index contributed by atoms with van der Waals surface area (Å²) in [5.41, 5.74) is 6.60. The van der Waals surface area contributed by atoms with E-state index < -0.39 is 0 Å². The van der Waals surface area contributed by atoms with Crippen molar-refractivity contribution < 1.29 is 4.79 Å². The molecule has 0 aliphatic rings. The number of benzene rings is 1. The SMILES string of the molecule is CC.CC.Cc1ccccc1C(N)=O. The van der Waals surface area contributed by atoms with Crippen molar-refractivity contribution in [1.29, 1.82) is 0 Å². The summed E-state index contributed by atoms with van der Waals surface area (Å²) in [6, 6.07) is 7.26. The van der Waals surface area contributed by atoms with E-state index in [1.54, 1.807) is 12.1 Å². The fourth-order valence-electron chi connectivity index (χ4n) is 0.849. The molecule has 14 heavy (non-hydrogen) atoms. The van der Waals surface area contributed by atoms with E-state index in [1.807, 2.05) is 46.8 Å². The molecule has 0 aliphatic heterocycles. The highest BCUT2D eigenvalue weighted by atomic mass is 16.1. The molecule has 0 bridgehead atoms. The Morgan fingerprint density at radius 1 is 1.07 bits per heavy atom. The van der Waals surface area contributed by atoms with Crippen molar-refractivity contribution in [1.82, 2.24) is 0 Å². The Bertz CT molecular complexity index is 256. The molecule has 0 atom stereocenters. The van der Waals surface area contributed by atoms with Gasteiger partial charge in [0.15, 0.2) is 0 Å². The second-order valence-electron chi connectivity index (χ2n) is 2.18. The standard InChI is InChI=1S/C8H9NO.2C2H6/c1-6-4-2-3-5-7(6)8(9)10;2*1-2/h2-5H,1H3,(H2,9,10);2*1-2H3. The Kier molecular flexibility index (Phi) is 10.6. The molecule has 1 aromatic carbocycles. The number of aryl methyl sites for hydroxylation is 1. The van der Waals surface area contributed by atoms with E-state index in [0.717, 1.165) is 5.56 Å². The van der Waals surface area contributed by atoms with Gasteiger partial charge in [-0.2, -0.15) is 0 Å². The van der Waals surface area contributed by atoms with Gasteiger partial charge in [0, 0.05) is 5.56 Å². The number of primary amides is 1. The lowest BCUT2D eigenvalue weighted by molar-refractivity contribution is 0.0999. The monoisotopic (exact) mass is 195 g/mol. The lowest BCUT2D eigenvalue weighted by atomic mass is 10.1. The number of amides is 1. The van der Waals surface area contributed by atoms with Crippen LogP contribution in [0.2, 0.25) is 0 Å². The largest absolute Gasteiger partial charge is 0.366 e. The van der Waals surface area contributed by atoms with Crippen LogP contribution in [0.3, 0.4) is 0 Å². The van der Waals surface area contributed by atoms with Crippen LogP contribution in [0.4, 0.5) is 0 Å². The zero-order valence-electron chi connectivity index (χ0n) is 9.79. The van der Waals surface area contributed by atoms with Crippen molar-refractivity contribution in [3.8, 4) is 0 Å². The zero-order valence-corrected chi connectivity index (χ0v) is 9.79. The third-order valence-electron chi connectivity index (χ3n) is 1.41. The van der Waals surface area contributed by atoms with Crippen LogP contribution in [-0.4, -0.2) is 5.91 Å². The summed E-state index contributed by atoms with van der Waals surface area (Å²) in [5.74, 6) is -0.363. The van der Waals surface area contributed by atoms with Gasteiger partial charge in [0.2, 0.25) is 5.91 Å². The van der Waals surface area contributed by atoms with Gasteiger partial charge in [0.1, 0.15) is 0 Å². The Morgan fingerprint density at radius 2 is 1.50 bits per heavy atom. The number of hydrogen-bond donors (Lipinski definition) is 1. The number of nitrogens with two attached hydrogens (primary N) is 1. The quantitative estimate of drug-likeness (QED) is 0.735. The van der Waals surface area contributed by atoms with Crippen LogP contribution in [0.1, 0.15) is 43.6 Å². The highest BCUT2D eigenvalue weighted by Gasteiger charge is 2.00. The van der Waals surface area contributed by atoms with Crippen molar-refractivity contribution in [2.45, 2.75) is 34.6 Å². The van der Waals surface area contributed by atoms with Gasteiger partial charge < -0.3 is 5.73 Å². The van der Waals surface area contributed by atoms with Crippen LogP contribution in [-0.2, 0) is 0 Å². The highest BCUT2D eigenvalue weighted by Crippen LogP contribution is 2.04. The topological polar surface area (TPSA) is 43.1 Å². The van der Waals surface area contributed by atoms with E-state index in [0.29, 0.717) is 5.56 Å². The lowest BCUT2D eigenvalue weighted by Crippen LogP contribution is -2.12. The summed E-state index contributed by atoms with van der Waals surface area (Å²) in [6.07, 6.45) is 0. The van der Waals surface area contributed by atoms with Gasteiger partial charge in [0.25, 0.3) is 0 Å². The van der Waals surface area contributed by atoms with Crippen LogP contribution in [0.5, 0.6) is 0 Å². The second-order valence-corrected chi connectivity index (χ2v) is 2.18. The molecule has 0 aliphatic carbocycles. The fourth-order valence-corrected chi connectivity index (χ4v) is 0.849. The number of hydrogen-bond acceptors (Lipinski definition) is 1. The van der Waals surface area contributed by atoms with Crippen molar-refractivity contribution >= 4 is 5.91 Å². The fraction of sp³-hybridized carbons (Fsp3) is 0.417. The molecule has 0 fully saturated rings. The normalized spacial score (nSPS) is 7.50. The number of carbonyl (C=O) groups excluding carboxylic acids is 1. The molecule has 0 aromatic heterocycles. The highest BCUT2D eigenvalue weighted by molar-refractivity contribution is 5.94. The van der Waals surface area contributed by atoms with Gasteiger partial charge >= 0.3 is 0 Å². The average Bonchev–Trinajstić information content (AvgIpc) is 2.24. The maximum absolute atomic E-state index is 10.6. The maximum Gasteiger partial charge on any atom is 0.248 e. The Hall–Kier alpha value is -1.31. The van der Waals surface area contributed by atoms with Crippen LogP contribution in [0.25, 0.3) is 0 Å². The molecule has 0 unspecified atom stereocenters. The molecule has 0 radical (unpaired) electrons. The predicted molar refractivity (Wildman–Crippen MR) is 62.4 cm³/mol. The molecule has 1 aromatic rings. The van der Waals surface area contributed by atoms with Crippen LogP contribution < -0.4 is 5.73 Å². The van der Waals surface area contributed by atoms with Gasteiger partial charge in [-0.25, -0.2) is 0 Å². The third kappa shape index (κ3) is 5.36. The van der Waals surface area contributed by atoms with Crippen molar-refractivity contribution in [2.75, 3.05) is 0 Å². The summed E-state index contributed by atoms with van der Waals surface area (Å²) < 4.78 is 0. The van der Waals surface area contributed by atoms with Crippen molar-refractivity contribution in [3.05, 3.63) is 35.4 Å². The molecule has 0 saturated heterocycles. The van der Waals surface area contributed by atoms with E-state index in [-0.39, 0.29) is 5.91 Å². The smallest absolute Gasteiger partial charge is 0.248 e. The van der Waals surface area contributed by atoms with E-state index in [4.69, 9.17) is 5.73 Å². The third-order valence-corrected chi connectivity index (χ3v) is 1.41. The Labute approximate surface area is 87.1 Å². The molecule has 80 valence electrons. The molecular formula is C12H21NO. The first kappa shape index (κ1) is 15.2. The van der Waals surface area contributed by atoms with Crippen LogP contribution in [0, 0.1) is 6.92 Å². The average molecular weight is 195 g/mol. The van der Waals surface area contributed by atoms with E-state index >= 15 is 0 Å². The predicted octanol–water partition coefficient (Wildman–Crippen LogP) is 3.15. The van der Waals surface area contributed by atoms with E-state index in [2.05, 4.69) is 0 Å². The van der Waals surface area contributed by atoms with Gasteiger partial charge in [-0.3, -0.25) is 4.79 Å². The molecule has 2 heteroatoms. The van der Waals surface area contributed by atoms with E-state index in [9.17, 15) is 4.79 Å². The first-order valence-electron chi connectivity index (χ1n) is 5.07. The van der Waals surface area contributed by atoms with Crippen molar-refractivity contribution in [2.24, 2.45) is 5.73 Å². The van der Waals surface area contributed by atoms with Gasteiger partial charge in [-0.15, -0.1) is 0 Å². The Morgan fingerprint density at radius 3 is 1.79 bits per heavy atom. The minimum atomic E-state index is -0.363. The van der Waals surface area contributed by atoms with Crippen LogP contribution in [0.15, 0.2) is 24.3 Å². The number of rotatable bonds is 1. The molecule has 0 saturated carbocycles. The van der Waals surface area contributed by atoms with Crippen LogP contribution >= 0.6 is 0 Å². The minimum absolute atomic E-state index is 0.363. The molecule has 1 rings (SSSR count). The zero-order chi connectivity index (χ0) is 11.6. The van der Waals surface area contributed by atoms with Gasteiger partial charge in [0.05, 0.1) is 0 Å². The first-order chi connectivity index (χ1) is 6.72. The number of carbonyl (C=O) groups is 1. The minimum Gasteiger partial charge on any atom is -0.366 e. The van der Waals surface area contributed by atoms with E-state index in [1.165, 1.54) is 0 Å². The first-order valence-corrected chi connectivity index (χ1v) is 5.07. The summed E-state index contributed by atoms with van der Waals surface area (Å²) in [5, 5.41) is 0. The summed E-state index contributed by atoms with van der Waals surface area (Å²) in [4.78, 5) is 10.6.